The van der Waals surface area contributed by atoms with Crippen molar-refractivity contribution >= 4 is 11.5 Å². The van der Waals surface area contributed by atoms with Gasteiger partial charge in [0.25, 0.3) is 0 Å². The highest BCUT2D eigenvalue weighted by atomic mass is 19.4. The minimum atomic E-state index is -6.54. The standard InChI is InChI=1S/C14H12F7NO/c1-2-9-3-5-10(6-4-9)22-8-7-11(23)12(15,16)13(17,18)14(19,20)21/h3-8,22H,2H2,1H3/b8-7+. The molecule has 0 aromatic heterocycles. The highest BCUT2D eigenvalue weighted by molar-refractivity contribution is 5.96. The Labute approximate surface area is 127 Å². The van der Waals surface area contributed by atoms with Crippen molar-refractivity contribution in [2.45, 2.75) is 31.4 Å². The summed E-state index contributed by atoms with van der Waals surface area (Å²) in [5.41, 5.74) is 1.31. The molecule has 0 bridgehead atoms. The molecule has 0 atom stereocenters. The SMILES string of the molecule is CCc1ccc(N/C=C/C(=O)C(F)(F)C(F)(F)C(F)(F)F)cc1. The quantitative estimate of drug-likeness (QED) is 0.605. The van der Waals surface area contributed by atoms with Crippen molar-refractivity contribution in [3.05, 3.63) is 42.1 Å². The molecule has 0 saturated heterocycles. The topological polar surface area (TPSA) is 29.1 Å². The fourth-order valence-electron chi connectivity index (χ4n) is 1.49. The monoisotopic (exact) mass is 343 g/mol. The minimum absolute atomic E-state index is 0.0621. The van der Waals surface area contributed by atoms with E-state index in [1.807, 2.05) is 6.92 Å². The predicted molar refractivity (Wildman–Crippen MR) is 69.5 cm³/mol. The summed E-state index contributed by atoms with van der Waals surface area (Å²) < 4.78 is 87.1. The smallest absolute Gasteiger partial charge is 0.362 e. The molecule has 2 nitrogen and oxygen atoms in total. The van der Waals surface area contributed by atoms with E-state index in [1.165, 1.54) is 12.1 Å². The largest absolute Gasteiger partial charge is 0.460 e. The fraction of sp³-hybridized carbons (Fsp3) is 0.357. The molecule has 1 rings (SSSR count). The van der Waals surface area contributed by atoms with Crippen LogP contribution in [0.15, 0.2) is 36.5 Å². The number of carbonyl (C=O) groups excluding carboxylic acids is 1. The van der Waals surface area contributed by atoms with Gasteiger partial charge in [-0.05, 0) is 24.1 Å². The summed E-state index contributed by atoms with van der Waals surface area (Å²) in [6, 6.07) is 6.42. The van der Waals surface area contributed by atoms with Gasteiger partial charge in [0.1, 0.15) is 0 Å². The average Bonchev–Trinajstić information content (AvgIpc) is 2.46. The summed E-state index contributed by atoms with van der Waals surface area (Å²) in [4.78, 5) is 11.0. The minimum Gasteiger partial charge on any atom is -0.362 e. The van der Waals surface area contributed by atoms with Crippen LogP contribution in [0.3, 0.4) is 0 Å². The van der Waals surface area contributed by atoms with E-state index in [1.54, 1.807) is 12.1 Å². The van der Waals surface area contributed by atoms with Gasteiger partial charge >= 0.3 is 18.0 Å². The van der Waals surface area contributed by atoms with E-state index in [2.05, 4.69) is 5.32 Å². The first kappa shape index (κ1) is 19.0. The number of halogens is 7. The van der Waals surface area contributed by atoms with E-state index in [9.17, 15) is 35.5 Å². The molecule has 1 aromatic rings. The molecular weight excluding hydrogens is 331 g/mol. The molecule has 0 aliphatic heterocycles. The molecule has 0 aliphatic carbocycles. The molecule has 0 fully saturated rings. The molecule has 0 heterocycles. The highest BCUT2D eigenvalue weighted by Gasteiger charge is 2.75. The number of alkyl halides is 7. The number of hydrogen-bond donors (Lipinski definition) is 1. The van der Waals surface area contributed by atoms with Crippen molar-refractivity contribution in [2.24, 2.45) is 0 Å². The molecule has 0 spiro atoms. The van der Waals surface area contributed by atoms with Gasteiger partial charge < -0.3 is 5.32 Å². The molecule has 0 radical (unpaired) electrons. The van der Waals surface area contributed by atoms with Crippen LogP contribution in [0.5, 0.6) is 0 Å². The summed E-state index contributed by atoms with van der Waals surface area (Å²) >= 11 is 0. The van der Waals surface area contributed by atoms with Gasteiger partial charge in [0.15, 0.2) is 0 Å². The molecule has 0 amide bonds. The van der Waals surface area contributed by atoms with E-state index >= 15 is 0 Å². The Morgan fingerprint density at radius 2 is 1.57 bits per heavy atom. The number of benzene rings is 1. The van der Waals surface area contributed by atoms with Gasteiger partial charge in [0.2, 0.25) is 5.78 Å². The van der Waals surface area contributed by atoms with E-state index < -0.39 is 23.8 Å². The van der Waals surface area contributed by atoms with Crippen LogP contribution in [0.25, 0.3) is 0 Å². The summed E-state index contributed by atoms with van der Waals surface area (Å²) in [6.45, 7) is 1.89. The summed E-state index contributed by atoms with van der Waals surface area (Å²) in [6.07, 6.45) is -5.28. The normalized spacial score (nSPS) is 13.4. The number of anilines is 1. The second-order valence-electron chi connectivity index (χ2n) is 4.54. The fourth-order valence-corrected chi connectivity index (χ4v) is 1.49. The van der Waals surface area contributed by atoms with Gasteiger partial charge in [-0.2, -0.15) is 30.7 Å². The van der Waals surface area contributed by atoms with Crippen LogP contribution in [0, 0.1) is 0 Å². The van der Waals surface area contributed by atoms with Crippen LogP contribution in [-0.4, -0.2) is 23.8 Å². The van der Waals surface area contributed by atoms with Gasteiger partial charge in [0, 0.05) is 18.0 Å². The maximum absolute atomic E-state index is 13.0. The van der Waals surface area contributed by atoms with Crippen LogP contribution in [0.2, 0.25) is 0 Å². The average molecular weight is 343 g/mol. The maximum Gasteiger partial charge on any atom is 0.460 e. The molecule has 0 unspecified atom stereocenters. The van der Waals surface area contributed by atoms with Crippen LogP contribution < -0.4 is 5.32 Å². The van der Waals surface area contributed by atoms with Gasteiger partial charge in [0.05, 0.1) is 0 Å². The van der Waals surface area contributed by atoms with Crippen LogP contribution in [-0.2, 0) is 11.2 Å². The molecule has 9 heteroatoms. The zero-order valence-electron chi connectivity index (χ0n) is 11.7. The van der Waals surface area contributed by atoms with Crippen molar-refractivity contribution in [3.8, 4) is 0 Å². The van der Waals surface area contributed by atoms with E-state index in [0.29, 0.717) is 11.9 Å². The maximum atomic E-state index is 13.0. The molecule has 0 aliphatic rings. The lowest BCUT2D eigenvalue weighted by molar-refractivity contribution is -0.342. The second kappa shape index (κ2) is 6.59. The first-order chi connectivity index (χ1) is 10.4. The van der Waals surface area contributed by atoms with E-state index in [-0.39, 0.29) is 6.08 Å². The number of ketones is 1. The lowest BCUT2D eigenvalue weighted by Crippen LogP contribution is -2.55. The van der Waals surface area contributed by atoms with Crippen LogP contribution >= 0.6 is 0 Å². The van der Waals surface area contributed by atoms with Crippen LogP contribution in [0.1, 0.15) is 12.5 Å². The number of hydrogen-bond acceptors (Lipinski definition) is 2. The first-order valence-corrected chi connectivity index (χ1v) is 6.32. The second-order valence-corrected chi connectivity index (χ2v) is 4.54. The third-order valence-electron chi connectivity index (χ3n) is 2.91. The van der Waals surface area contributed by atoms with Crippen molar-refractivity contribution in [2.75, 3.05) is 5.32 Å². The molecule has 0 saturated carbocycles. The van der Waals surface area contributed by atoms with Crippen molar-refractivity contribution in [1.82, 2.24) is 0 Å². The Balaban J connectivity index is 2.81. The van der Waals surface area contributed by atoms with Crippen molar-refractivity contribution in [1.29, 1.82) is 0 Å². The van der Waals surface area contributed by atoms with Gasteiger partial charge in [-0.15, -0.1) is 0 Å². The zero-order valence-corrected chi connectivity index (χ0v) is 11.7. The molecule has 23 heavy (non-hydrogen) atoms. The van der Waals surface area contributed by atoms with Gasteiger partial charge in [-0.3, -0.25) is 4.79 Å². The Morgan fingerprint density at radius 3 is 2.00 bits per heavy atom. The number of aryl methyl sites for hydroxylation is 1. The molecule has 1 aromatic carbocycles. The Hall–Kier alpha value is -2.06. The number of rotatable bonds is 6. The molecule has 1 N–H and O–H groups in total. The Morgan fingerprint density at radius 1 is 1.04 bits per heavy atom. The molecule has 128 valence electrons. The number of nitrogens with one attached hydrogen (secondary N) is 1. The van der Waals surface area contributed by atoms with Crippen molar-refractivity contribution < 1.29 is 35.5 Å². The lowest BCUT2D eigenvalue weighted by Gasteiger charge is -2.26. The third kappa shape index (κ3) is 4.02. The number of allylic oxidation sites excluding steroid dienone is 1. The highest BCUT2D eigenvalue weighted by Crippen LogP contribution is 2.46. The summed E-state index contributed by atoms with van der Waals surface area (Å²) in [5.74, 6) is -15.0. The van der Waals surface area contributed by atoms with Crippen molar-refractivity contribution in [3.63, 3.8) is 0 Å². The third-order valence-corrected chi connectivity index (χ3v) is 2.91. The van der Waals surface area contributed by atoms with E-state index in [0.717, 1.165) is 12.0 Å². The van der Waals surface area contributed by atoms with Gasteiger partial charge in [-0.1, -0.05) is 19.1 Å². The summed E-state index contributed by atoms with van der Waals surface area (Å²) in [7, 11) is 0. The predicted octanol–water partition coefficient (Wildman–Crippen LogP) is 4.58. The Kier molecular flexibility index (Phi) is 5.44. The Bertz CT molecular complexity index is 576. The molecular formula is C14H12F7NO. The lowest BCUT2D eigenvalue weighted by atomic mass is 10.1. The zero-order chi connectivity index (χ0) is 17.9. The van der Waals surface area contributed by atoms with Crippen LogP contribution in [0.4, 0.5) is 36.4 Å². The number of carbonyl (C=O) groups is 1. The summed E-state index contributed by atoms with van der Waals surface area (Å²) in [5, 5.41) is 2.33. The van der Waals surface area contributed by atoms with Gasteiger partial charge in [-0.25, -0.2) is 0 Å². The first-order valence-electron chi connectivity index (χ1n) is 6.32. The van der Waals surface area contributed by atoms with E-state index in [4.69, 9.17) is 0 Å².